The Morgan fingerprint density at radius 3 is 2.31 bits per heavy atom. The number of hydrogen-bond acceptors (Lipinski definition) is 7. The monoisotopic (exact) mass is 473 g/mol. The number of ether oxygens (including phenoxy) is 2. The molecule has 0 amide bonds. The summed E-state index contributed by atoms with van der Waals surface area (Å²) in [6, 6.07) is 13.4. The Morgan fingerprint density at radius 1 is 0.914 bits per heavy atom. The van der Waals surface area contributed by atoms with E-state index in [9.17, 15) is 4.39 Å². The van der Waals surface area contributed by atoms with Crippen LogP contribution in [0.3, 0.4) is 0 Å². The fourth-order valence-electron chi connectivity index (χ4n) is 3.89. The maximum Gasteiger partial charge on any atom is 0.186 e. The maximum atomic E-state index is 14.8. The number of anilines is 1. The Labute approximate surface area is 201 Å². The van der Waals surface area contributed by atoms with Gasteiger partial charge in [-0.05, 0) is 29.3 Å². The van der Waals surface area contributed by atoms with Gasteiger partial charge in [0.15, 0.2) is 17.2 Å². The van der Waals surface area contributed by atoms with Crippen LogP contribution in [0.15, 0.2) is 67.4 Å². The summed E-state index contributed by atoms with van der Waals surface area (Å²) in [7, 11) is 2.93. The maximum absolute atomic E-state index is 14.8. The van der Waals surface area contributed by atoms with Crippen molar-refractivity contribution in [3.63, 3.8) is 0 Å². The first-order valence-corrected chi connectivity index (χ1v) is 11.0. The van der Waals surface area contributed by atoms with Crippen LogP contribution in [-0.4, -0.2) is 43.7 Å². The van der Waals surface area contributed by atoms with E-state index in [4.69, 9.17) is 9.47 Å². The summed E-state index contributed by atoms with van der Waals surface area (Å²) in [6.07, 6.45) is 7.03. The van der Waals surface area contributed by atoms with Gasteiger partial charge in [-0.2, -0.15) is 10.2 Å². The molecule has 0 aliphatic heterocycles. The van der Waals surface area contributed by atoms with Crippen LogP contribution in [-0.2, 0) is 19.6 Å². The number of hydrogen-bond donors (Lipinski definition) is 1. The van der Waals surface area contributed by atoms with Crippen molar-refractivity contribution in [1.29, 1.82) is 0 Å². The normalized spacial score (nSPS) is 11.1. The van der Waals surface area contributed by atoms with E-state index in [2.05, 4.69) is 49.7 Å². The molecule has 0 saturated heterocycles. The minimum absolute atomic E-state index is 0.152. The van der Waals surface area contributed by atoms with Gasteiger partial charge in [-0.1, -0.05) is 24.3 Å². The molecule has 5 rings (SSSR count). The third kappa shape index (κ3) is 4.77. The highest BCUT2D eigenvalue weighted by atomic mass is 19.1. The molecule has 9 nitrogen and oxygen atoms in total. The van der Waals surface area contributed by atoms with Crippen LogP contribution in [0.25, 0.3) is 11.0 Å². The number of benzene rings is 2. The highest BCUT2D eigenvalue weighted by molar-refractivity contribution is 5.85. The van der Waals surface area contributed by atoms with E-state index >= 15 is 0 Å². The molecule has 0 bridgehead atoms. The Morgan fingerprint density at radius 2 is 1.63 bits per heavy atom. The molecule has 5 aromatic rings. The molecule has 0 aliphatic carbocycles. The van der Waals surface area contributed by atoms with E-state index in [1.807, 2.05) is 27.8 Å². The fraction of sp³-hybridized carbons (Fsp3) is 0.200. The lowest BCUT2D eigenvalue weighted by Gasteiger charge is -2.13. The minimum atomic E-state index is -0.476. The summed E-state index contributed by atoms with van der Waals surface area (Å²) >= 11 is 0. The van der Waals surface area contributed by atoms with Crippen molar-refractivity contribution in [2.45, 2.75) is 19.6 Å². The highest BCUT2D eigenvalue weighted by Crippen LogP contribution is 2.30. The number of nitrogens with one attached hydrogen (secondary N) is 1. The summed E-state index contributed by atoms with van der Waals surface area (Å²) in [4.78, 5) is 8.62. The van der Waals surface area contributed by atoms with Gasteiger partial charge in [-0.3, -0.25) is 9.36 Å². The van der Waals surface area contributed by atoms with Gasteiger partial charge in [0.2, 0.25) is 0 Å². The summed E-state index contributed by atoms with van der Waals surface area (Å²) in [5.41, 5.74) is 3.17. The SMILES string of the molecule is COc1ccc(OC)c(CNc2ncnc3nn(Cc4ccc(Cn5cccn5)cc4)cc23)c1F. The third-order valence-corrected chi connectivity index (χ3v) is 5.67. The molecule has 0 saturated carbocycles. The first-order valence-electron chi connectivity index (χ1n) is 11.0. The molecule has 3 aromatic heterocycles. The quantitative estimate of drug-likeness (QED) is 0.347. The van der Waals surface area contributed by atoms with Crippen LogP contribution >= 0.6 is 0 Å². The standard InChI is InChI=1S/C25H24FN7O2/c1-34-21-8-9-22(35-2)23(26)19(21)12-27-24-20-15-33(31-25(20)29-16-28-24)14-18-6-4-17(5-7-18)13-32-11-3-10-30-32/h3-11,15-16H,12-14H2,1-2H3,(H,27,28,29,31). The van der Waals surface area contributed by atoms with Gasteiger partial charge < -0.3 is 14.8 Å². The van der Waals surface area contributed by atoms with Crippen molar-refractivity contribution in [2.75, 3.05) is 19.5 Å². The van der Waals surface area contributed by atoms with E-state index in [-0.39, 0.29) is 12.3 Å². The number of aromatic nitrogens is 6. The van der Waals surface area contributed by atoms with Crippen molar-refractivity contribution in [3.8, 4) is 11.5 Å². The topological polar surface area (TPSA) is 91.9 Å². The lowest BCUT2D eigenvalue weighted by Crippen LogP contribution is -2.07. The Balaban J connectivity index is 1.33. The van der Waals surface area contributed by atoms with Crippen LogP contribution in [0.4, 0.5) is 10.2 Å². The molecule has 0 unspecified atom stereocenters. The van der Waals surface area contributed by atoms with Gasteiger partial charge in [0.05, 0.1) is 38.3 Å². The van der Waals surface area contributed by atoms with Gasteiger partial charge in [0.1, 0.15) is 17.9 Å². The van der Waals surface area contributed by atoms with E-state index in [0.717, 1.165) is 17.5 Å². The van der Waals surface area contributed by atoms with Crippen LogP contribution in [0.5, 0.6) is 11.5 Å². The smallest absolute Gasteiger partial charge is 0.186 e. The second-order valence-corrected chi connectivity index (χ2v) is 7.92. The predicted octanol–water partition coefficient (Wildman–Crippen LogP) is 3.89. The summed E-state index contributed by atoms with van der Waals surface area (Å²) in [5.74, 6) is 0.656. The van der Waals surface area contributed by atoms with Gasteiger partial charge in [0.25, 0.3) is 0 Å². The lowest BCUT2D eigenvalue weighted by molar-refractivity contribution is 0.372. The molecule has 10 heteroatoms. The number of fused-ring (bicyclic) bond motifs is 1. The summed E-state index contributed by atoms with van der Waals surface area (Å²) in [6.45, 7) is 1.46. The first-order chi connectivity index (χ1) is 17.1. The molecule has 2 aromatic carbocycles. The highest BCUT2D eigenvalue weighted by Gasteiger charge is 2.16. The number of methoxy groups -OCH3 is 2. The van der Waals surface area contributed by atoms with Crippen molar-refractivity contribution in [1.82, 2.24) is 29.5 Å². The zero-order valence-electron chi connectivity index (χ0n) is 19.3. The van der Waals surface area contributed by atoms with Crippen molar-refractivity contribution >= 4 is 16.9 Å². The molecule has 178 valence electrons. The van der Waals surface area contributed by atoms with Gasteiger partial charge in [-0.15, -0.1) is 0 Å². The van der Waals surface area contributed by atoms with Crippen LogP contribution in [0.1, 0.15) is 16.7 Å². The van der Waals surface area contributed by atoms with Crippen LogP contribution < -0.4 is 14.8 Å². The Hall–Kier alpha value is -4.47. The average Bonchev–Trinajstić information content (AvgIpc) is 3.54. The molecule has 0 radical (unpaired) electrons. The molecule has 3 heterocycles. The first kappa shape index (κ1) is 22.3. The zero-order valence-corrected chi connectivity index (χ0v) is 19.3. The average molecular weight is 474 g/mol. The third-order valence-electron chi connectivity index (χ3n) is 5.67. The van der Waals surface area contributed by atoms with E-state index in [1.54, 1.807) is 12.3 Å². The number of halogens is 1. The molecule has 0 spiro atoms. The fourth-order valence-corrected chi connectivity index (χ4v) is 3.89. The molecular weight excluding hydrogens is 449 g/mol. The second kappa shape index (κ2) is 9.80. The molecule has 0 atom stereocenters. The minimum Gasteiger partial charge on any atom is -0.496 e. The summed E-state index contributed by atoms with van der Waals surface area (Å²) in [5, 5.41) is 12.7. The predicted molar refractivity (Wildman–Crippen MR) is 129 cm³/mol. The van der Waals surface area contributed by atoms with Crippen molar-refractivity contribution in [2.24, 2.45) is 0 Å². The van der Waals surface area contributed by atoms with Crippen molar-refractivity contribution < 1.29 is 13.9 Å². The largest absolute Gasteiger partial charge is 0.496 e. The zero-order chi connectivity index (χ0) is 24.2. The van der Waals surface area contributed by atoms with E-state index in [0.29, 0.717) is 29.3 Å². The van der Waals surface area contributed by atoms with Gasteiger partial charge in [-0.25, -0.2) is 14.4 Å². The Bertz CT molecular complexity index is 1430. The van der Waals surface area contributed by atoms with Crippen LogP contribution in [0, 0.1) is 5.82 Å². The van der Waals surface area contributed by atoms with Crippen molar-refractivity contribution in [3.05, 3.63) is 89.9 Å². The van der Waals surface area contributed by atoms with Gasteiger partial charge >= 0.3 is 0 Å². The van der Waals surface area contributed by atoms with E-state index < -0.39 is 5.82 Å². The Kier molecular flexibility index (Phi) is 6.25. The lowest BCUT2D eigenvalue weighted by atomic mass is 10.1. The molecule has 0 aliphatic rings. The molecular formula is C25H24FN7O2. The molecule has 1 N–H and O–H groups in total. The molecule has 0 fully saturated rings. The molecule has 35 heavy (non-hydrogen) atoms. The van der Waals surface area contributed by atoms with Gasteiger partial charge in [0, 0.05) is 25.1 Å². The van der Waals surface area contributed by atoms with Crippen LogP contribution in [0.2, 0.25) is 0 Å². The summed E-state index contributed by atoms with van der Waals surface area (Å²) < 4.78 is 28.9. The number of rotatable bonds is 9. The number of nitrogens with zero attached hydrogens (tertiary/aromatic N) is 6. The second-order valence-electron chi connectivity index (χ2n) is 7.92. The van der Waals surface area contributed by atoms with E-state index in [1.165, 1.54) is 32.2 Å².